The second-order valence-electron chi connectivity index (χ2n) is 6.79. The number of aromatic nitrogens is 1. The third kappa shape index (κ3) is 2.38. The second-order valence-corrected chi connectivity index (χ2v) is 6.79. The lowest BCUT2D eigenvalue weighted by Crippen LogP contribution is -2.38. The van der Waals surface area contributed by atoms with Crippen LogP contribution in [0.3, 0.4) is 0 Å². The zero-order chi connectivity index (χ0) is 15.9. The first-order chi connectivity index (χ1) is 11.2. The lowest BCUT2D eigenvalue weighted by Gasteiger charge is -2.43. The molecular formula is C19H20N2O2. The van der Waals surface area contributed by atoms with Crippen LogP contribution in [0.2, 0.25) is 0 Å². The van der Waals surface area contributed by atoms with Crippen molar-refractivity contribution in [2.75, 3.05) is 13.1 Å². The summed E-state index contributed by atoms with van der Waals surface area (Å²) in [6.07, 6.45) is 3.61. The van der Waals surface area contributed by atoms with Crippen molar-refractivity contribution in [3.05, 3.63) is 70.1 Å². The summed E-state index contributed by atoms with van der Waals surface area (Å²) >= 11 is 0. The summed E-state index contributed by atoms with van der Waals surface area (Å²) in [7, 11) is 0. The van der Waals surface area contributed by atoms with E-state index in [4.69, 9.17) is 0 Å². The van der Waals surface area contributed by atoms with Crippen molar-refractivity contribution in [2.45, 2.75) is 25.2 Å². The van der Waals surface area contributed by atoms with Gasteiger partial charge < -0.3 is 9.88 Å². The Hall–Kier alpha value is -2.36. The van der Waals surface area contributed by atoms with E-state index in [0.717, 1.165) is 13.1 Å². The molecule has 1 amide bonds. The number of amides is 1. The number of hydrogen-bond donors (Lipinski definition) is 1. The Morgan fingerprint density at radius 1 is 1.09 bits per heavy atom. The number of carbonyl (C=O) groups is 1. The average Bonchev–Trinajstić information content (AvgIpc) is 2.96. The van der Waals surface area contributed by atoms with Gasteiger partial charge >= 0.3 is 0 Å². The molecule has 1 spiro atoms. The van der Waals surface area contributed by atoms with Gasteiger partial charge in [-0.1, -0.05) is 42.8 Å². The van der Waals surface area contributed by atoms with Gasteiger partial charge in [-0.3, -0.25) is 9.59 Å². The first-order valence-electron chi connectivity index (χ1n) is 8.22. The predicted molar refractivity (Wildman–Crippen MR) is 88.4 cm³/mol. The Bertz CT molecular complexity index is 777. The summed E-state index contributed by atoms with van der Waals surface area (Å²) in [5.74, 6) is 0.337. The monoisotopic (exact) mass is 308 g/mol. The van der Waals surface area contributed by atoms with Crippen LogP contribution in [0.4, 0.5) is 0 Å². The normalized spacial score (nSPS) is 22.1. The van der Waals surface area contributed by atoms with Gasteiger partial charge in [0.05, 0.1) is 0 Å². The fourth-order valence-electron chi connectivity index (χ4n) is 4.15. The summed E-state index contributed by atoms with van der Waals surface area (Å²) in [6.45, 7) is 1.53. The van der Waals surface area contributed by atoms with Gasteiger partial charge in [0.1, 0.15) is 5.69 Å². The quantitative estimate of drug-likeness (QED) is 0.927. The minimum atomic E-state index is -0.229. The zero-order valence-electron chi connectivity index (χ0n) is 13.0. The lowest BCUT2D eigenvalue weighted by molar-refractivity contribution is 0.0719. The molecule has 1 N–H and O–H groups in total. The molecule has 4 heteroatoms. The standard InChI is InChI=1S/C19H20N2O2/c22-17-9-4-8-16(20-17)18(23)21-12-15(14-6-2-1-3-7-14)19(13-21)10-5-11-19/h1-4,6-9,15H,5,10-13H2,(H,20,22). The third-order valence-corrected chi connectivity index (χ3v) is 5.49. The molecule has 1 saturated heterocycles. The van der Waals surface area contributed by atoms with E-state index in [9.17, 15) is 9.59 Å². The van der Waals surface area contributed by atoms with Crippen molar-refractivity contribution in [1.29, 1.82) is 0 Å². The van der Waals surface area contributed by atoms with E-state index in [-0.39, 0.29) is 16.9 Å². The molecule has 1 saturated carbocycles. The van der Waals surface area contributed by atoms with E-state index in [1.54, 1.807) is 12.1 Å². The fourth-order valence-corrected chi connectivity index (χ4v) is 4.15. The third-order valence-electron chi connectivity index (χ3n) is 5.49. The highest BCUT2D eigenvalue weighted by molar-refractivity contribution is 5.92. The summed E-state index contributed by atoms with van der Waals surface area (Å²) in [5, 5.41) is 0. The Kier molecular flexibility index (Phi) is 3.33. The van der Waals surface area contributed by atoms with Gasteiger partial charge in [-0.2, -0.15) is 0 Å². The molecule has 2 fully saturated rings. The van der Waals surface area contributed by atoms with Crippen LogP contribution >= 0.6 is 0 Å². The molecule has 1 aliphatic heterocycles. The van der Waals surface area contributed by atoms with Crippen molar-refractivity contribution in [3.8, 4) is 0 Å². The summed E-state index contributed by atoms with van der Waals surface area (Å²) in [4.78, 5) is 28.8. The van der Waals surface area contributed by atoms with Crippen LogP contribution in [-0.4, -0.2) is 28.9 Å². The molecule has 1 atom stereocenters. The van der Waals surface area contributed by atoms with Crippen molar-refractivity contribution in [1.82, 2.24) is 9.88 Å². The molecule has 118 valence electrons. The highest BCUT2D eigenvalue weighted by atomic mass is 16.2. The lowest BCUT2D eigenvalue weighted by atomic mass is 9.61. The van der Waals surface area contributed by atoms with Gasteiger partial charge in [0.15, 0.2) is 0 Å². The maximum absolute atomic E-state index is 12.8. The molecule has 1 unspecified atom stereocenters. The number of likely N-dealkylation sites (tertiary alicyclic amines) is 1. The van der Waals surface area contributed by atoms with Crippen LogP contribution < -0.4 is 5.56 Å². The molecular weight excluding hydrogens is 288 g/mol. The number of pyridine rings is 1. The first-order valence-corrected chi connectivity index (χ1v) is 8.22. The first kappa shape index (κ1) is 14.2. The number of hydrogen-bond acceptors (Lipinski definition) is 2. The van der Waals surface area contributed by atoms with Gasteiger partial charge in [-0.15, -0.1) is 0 Å². The van der Waals surface area contributed by atoms with Gasteiger partial charge in [0, 0.05) is 25.1 Å². The Morgan fingerprint density at radius 2 is 1.87 bits per heavy atom. The van der Waals surface area contributed by atoms with Crippen LogP contribution in [0.15, 0.2) is 53.3 Å². The minimum Gasteiger partial charge on any atom is -0.336 e. The van der Waals surface area contributed by atoms with Gasteiger partial charge in [-0.05, 0) is 29.9 Å². The van der Waals surface area contributed by atoms with Crippen molar-refractivity contribution in [3.63, 3.8) is 0 Å². The van der Waals surface area contributed by atoms with E-state index in [1.165, 1.54) is 30.9 Å². The molecule has 1 aromatic carbocycles. The van der Waals surface area contributed by atoms with Crippen molar-refractivity contribution >= 4 is 5.91 Å². The molecule has 4 rings (SSSR count). The maximum Gasteiger partial charge on any atom is 0.270 e. The fraction of sp³-hybridized carbons (Fsp3) is 0.368. The molecule has 1 aliphatic carbocycles. The SMILES string of the molecule is O=C(c1cccc(=O)[nH]1)N1CC(c2ccccc2)C2(CCC2)C1. The van der Waals surface area contributed by atoms with Crippen molar-refractivity contribution in [2.24, 2.45) is 5.41 Å². The topological polar surface area (TPSA) is 53.2 Å². The maximum atomic E-state index is 12.8. The number of benzene rings is 1. The van der Waals surface area contributed by atoms with Gasteiger partial charge in [0.2, 0.25) is 5.56 Å². The average molecular weight is 308 g/mol. The van der Waals surface area contributed by atoms with Gasteiger partial charge in [-0.25, -0.2) is 0 Å². The largest absolute Gasteiger partial charge is 0.336 e. The van der Waals surface area contributed by atoms with E-state index in [1.807, 2.05) is 11.0 Å². The van der Waals surface area contributed by atoms with E-state index in [0.29, 0.717) is 11.6 Å². The summed E-state index contributed by atoms with van der Waals surface area (Å²) in [6, 6.07) is 15.3. The van der Waals surface area contributed by atoms with Crippen LogP contribution in [-0.2, 0) is 0 Å². The van der Waals surface area contributed by atoms with Crippen LogP contribution in [0, 0.1) is 5.41 Å². The molecule has 4 nitrogen and oxygen atoms in total. The van der Waals surface area contributed by atoms with Crippen LogP contribution in [0.25, 0.3) is 0 Å². The molecule has 23 heavy (non-hydrogen) atoms. The number of carbonyl (C=O) groups excluding carboxylic acids is 1. The molecule has 2 aliphatic rings. The molecule has 0 radical (unpaired) electrons. The van der Waals surface area contributed by atoms with Crippen LogP contribution in [0.1, 0.15) is 41.2 Å². The second kappa shape index (κ2) is 5.37. The van der Waals surface area contributed by atoms with Crippen molar-refractivity contribution < 1.29 is 4.79 Å². The predicted octanol–water partition coefficient (Wildman–Crippen LogP) is 2.78. The Labute approximate surface area is 135 Å². The minimum absolute atomic E-state index is 0.0626. The van der Waals surface area contributed by atoms with E-state index in [2.05, 4.69) is 29.2 Å². The smallest absolute Gasteiger partial charge is 0.270 e. The van der Waals surface area contributed by atoms with Crippen LogP contribution in [0.5, 0.6) is 0 Å². The molecule has 0 bridgehead atoms. The summed E-state index contributed by atoms with van der Waals surface area (Å²) < 4.78 is 0. The van der Waals surface area contributed by atoms with Gasteiger partial charge in [0.25, 0.3) is 5.91 Å². The summed E-state index contributed by atoms with van der Waals surface area (Å²) in [5.41, 5.74) is 1.71. The molecule has 2 aromatic rings. The zero-order valence-corrected chi connectivity index (χ0v) is 13.0. The number of aromatic amines is 1. The highest BCUT2D eigenvalue weighted by Crippen LogP contribution is 2.55. The number of nitrogens with one attached hydrogen (secondary N) is 1. The number of H-pyrrole nitrogens is 1. The van der Waals surface area contributed by atoms with E-state index >= 15 is 0 Å². The molecule has 2 heterocycles. The Morgan fingerprint density at radius 3 is 2.52 bits per heavy atom. The Balaban J connectivity index is 1.63. The number of nitrogens with zero attached hydrogens (tertiary/aromatic N) is 1. The van der Waals surface area contributed by atoms with E-state index < -0.39 is 0 Å². The molecule has 1 aromatic heterocycles. The highest BCUT2D eigenvalue weighted by Gasteiger charge is 2.51. The number of rotatable bonds is 2.